The van der Waals surface area contributed by atoms with E-state index in [1.807, 2.05) is 6.07 Å². The van der Waals surface area contributed by atoms with Crippen molar-refractivity contribution in [2.75, 3.05) is 7.05 Å². The summed E-state index contributed by atoms with van der Waals surface area (Å²) in [6.45, 7) is 0. The van der Waals surface area contributed by atoms with E-state index in [4.69, 9.17) is 0 Å². The lowest BCUT2D eigenvalue weighted by Crippen LogP contribution is -1.69. The van der Waals surface area contributed by atoms with Crippen molar-refractivity contribution in [3.05, 3.63) is 18.5 Å². The van der Waals surface area contributed by atoms with Crippen LogP contribution in [0.3, 0.4) is 0 Å². The Morgan fingerprint density at radius 3 is 2.43 bits per heavy atom. The molecule has 0 fully saturated rings. The molecule has 0 aliphatic carbocycles. The second kappa shape index (κ2) is 5.17. The van der Waals surface area contributed by atoms with Gasteiger partial charge in [0.05, 0.1) is 0 Å². The molecule has 0 aliphatic rings. The van der Waals surface area contributed by atoms with Crippen LogP contribution in [-0.2, 0) is 0 Å². The Balaban J connectivity index is 0.000000162. The number of aromatic nitrogens is 2. The number of hydrogen-bond acceptors (Lipinski definition) is 2. The summed E-state index contributed by atoms with van der Waals surface area (Å²) in [6.07, 6.45) is 3.46. The van der Waals surface area contributed by atoms with Crippen molar-refractivity contribution in [3.63, 3.8) is 0 Å². The van der Waals surface area contributed by atoms with Gasteiger partial charge in [-0.3, -0.25) is 5.10 Å². The zero-order chi connectivity index (χ0) is 5.54. The van der Waals surface area contributed by atoms with Gasteiger partial charge in [-0.2, -0.15) is 5.10 Å². The predicted octanol–water partition coefficient (Wildman–Crippen LogP) is -0.0154. The molecule has 1 aromatic rings. The summed E-state index contributed by atoms with van der Waals surface area (Å²) in [6, 6.07) is 1.83. The molecule has 1 heterocycles. The molecule has 3 N–H and O–H groups in total. The summed E-state index contributed by atoms with van der Waals surface area (Å²) in [4.78, 5) is 0. The van der Waals surface area contributed by atoms with Crippen molar-refractivity contribution >= 4 is 0 Å². The van der Waals surface area contributed by atoms with Gasteiger partial charge in [0.1, 0.15) is 0 Å². The SMILES string of the molecule is CN.c1cn[nH]c1. The fourth-order valence-electron chi connectivity index (χ4n) is 0.215. The van der Waals surface area contributed by atoms with Crippen LogP contribution in [0.25, 0.3) is 0 Å². The molecule has 0 aliphatic heterocycles. The third kappa shape index (κ3) is 2.99. The number of rotatable bonds is 0. The van der Waals surface area contributed by atoms with Crippen LogP contribution in [0.15, 0.2) is 18.5 Å². The third-order valence-electron chi connectivity index (χ3n) is 0.406. The zero-order valence-electron chi connectivity index (χ0n) is 4.26. The number of nitrogens with zero attached hydrogens (tertiary/aromatic N) is 1. The first kappa shape index (κ1) is 6.17. The lowest BCUT2D eigenvalue weighted by molar-refractivity contribution is 1.09. The molecular formula is C4H9N3. The molecule has 7 heavy (non-hydrogen) atoms. The molecule has 40 valence electrons. The highest BCUT2D eigenvalue weighted by atomic mass is 15.1. The van der Waals surface area contributed by atoms with E-state index < -0.39 is 0 Å². The Bertz CT molecular complexity index is 63.4. The van der Waals surface area contributed by atoms with Crippen LogP contribution in [0.2, 0.25) is 0 Å². The fraction of sp³-hybridized carbons (Fsp3) is 0.250. The largest absolute Gasteiger partial charge is 0.333 e. The van der Waals surface area contributed by atoms with E-state index in [2.05, 4.69) is 15.9 Å². The monoisotopic (exact) mass is 99.1 g/mol. The van der Waals surface area contributed by atoms with Gasteiger partial charge in [-0.1, -0.05) is 0 Å². The molecule has 0 saturated heterocycles. The van der Waals surface area contributed by atoms with Crippen LogP contribution in [0.1, 0.15) is 0 Å². The maximum absolute atomic E-state index is 4.50. The normalized spacial score (nSPS) is 6.57. The Morgan fingerprint density at radius 2 is 2.29 bits per heavy atom. The summed E-state index contributed by atoms with van der Waals surface area (Å²) < 4.78 is 0. The quantitative estimate of drug-likeness (QED) is 0.480. The third-order valence-corrected chi connectivity index (χ3v) is 0.406. The number of nitrogens with two attached hydrogens (primary N) is 1. The van der Waals surface area contributed by atoms with Crippen LogP contribution in [0, 0.1) is 0 Å². The smallest absolute Gasteiger partial charge is 0.0487 e. The second-order valence-electron chi connectivity index (χ2n) is 0.766. The second-order valence-corrected chi connectivity index (χ2v) is 0.766. The van der Waals surface area contributed by atoms with Crippen LogP contribution in [0.4, 0.5) is 0 Å². The standard InChI is InChI=1S/C3H4N2.CH5N/c1-2-4-5-3-1;1-2/h1-3H,(H,4,5);2H2,1H3. The van der Waals surface area contributed by atoms with Crippen molar-refractivity contribution in [2.24, 2.45) is 5.73 Å². The van der Waals surface area contributed by atoms with Crippen molar-refractivity contribution in [2.45, 2.75) is 0 Å². The van der Waals surface area contributed by atoms with E-state index in [9.17, 15) is 0 Å². The number of hydrogen-bond donors (Lipinski definition) is 2. The number of nitrogens with one attached hydrogen (secondary N) is 1. The highest BCUT2D eigenvalue weighted by molar-refractivity contribution is 4.72. The summed E-state index contributed by atoms with van der Waals surface area (Å²) in [5.41, 5.74) is 4.50. The molecule has 3 heteroatoms. The summed E-state index contributed by atoms with van der Waals surface area (Å²) in [5, 5.41) is 6.21. The van der Waals surface area contributed by atoms with Gasteiger partial charge in [-0.15, -0.1) is 0 Å². The van der Waals surface area contributed by atoms with Gasteiger partial charge in [0.2, 0.25) is 0 Å². The molecule has 0 aromatic carbocycles. The molecule has 3 nitrogen and oxygen atoms in total. The van der Waals surface area contributed by atoms with Gasteiger partial charge in [-0.05, 0) is 13.1 Å². The Morgan fingerprint density at radius 1 is 1.57 bits per heavy atom. The fourth-order valence-corrected chi connectivity index (χ4v) is 0.215. The van der Waals surface area contributed by atoms with E-state index in [0.717, 1.165) is 0 Å². The topological polar surface area (TPSA) is 54.7 Å². The maximum Gasteiger partial charge on any atom is 0.0487 e. The van der Waals surface area contributed by atoms with Crippen LogP contribution in [-0.4, -0.2) is 17.2 Å². The summed E-state index contributed by atoms with van der Waals surface area (Å²) in [5.74, 6) is 0. The molecule has 1 rings (SSSR count). The van der Waals surface area contributed by atoms with Gasteiger partial charge >= 0.3 is 0 Å². The predicted molar refractivity (Wildman–Crippen MR) is 28.7 cm³/mol. The first-order valence-corrected chi connectivity index (χ1v) is 2.01. The molecule has 0 radical (unpaired) electrons. The molecule has 0 atom stereocenters. The van der Waals surface area contributed by atoms with Crippen molar-refractivity contribution in [1.29, 1.82) is 0 Å². The Hall–Kier alpha value is -0.830. The van der Waals surface area contributed by atoms with E-state index in [-0.39, 0.29) is 0 Å². The minimum atomic E-state index is 1.50. The first-order chi connectivity index (χ1) is 3.50. The Kier molecular flexibility index (Phi) is 4.56. The van der Waals surface area contributed by atoms with Crippen molar-refractivity contribution in [3.8, 4) is 0 Å². The minimum absolute atomic E-state index is 1.50. The number of aromatic amines is 1. The molecule has 0 unspecified atom stereocenters. The molecule has 0 bridgehead atoms. The van der Waals surface area contributed by atoms with Gasteiger partial charge in [0, 0.05) is 12.4 Å². The first-order valence-electron chi connectivity index (χ1n) is 2.01. The van der Waals surface area contributed by atoms with Crippen molar-refractivity contribution in [1.82, 2.24) is 10.2 Å². The zero-order valence-corrected chi connectivity index (χ0v) is 4.26. The van der Waals surface area contributed by atoms with Crippen LogP contribution < -0.4 is 5.73 Å². The van der Waals surface area contributed by atoms with E-state index >= 15 is 0 Å². The molecule has 0 amide bonds. The average Bonchev–Trinajstić information content (AvgIpc) is 2.23. The minimum Gasteiger partial charge on any atom is -0.333 e. The molecule has 1 aromatic heterocycles. The molecular weight excluding hydrogens is 90.1 g/mol. The van der Waals surface area contributed by atoms with Gasteiger partial charge in [0.25, 0.3) is 0 Å². The highest BCUT2D eigenvalue weighted by Gasteiger charge is 1.56. The Labute approximate surface area is 42.5 Å². The summed E-state index contributed by atoms with van der Waals surface area (Å²) in [7, 11) is 1.50. The van der Waals surface area contributed by atoms with Gasteiger partial charge in [-0.25, -0.2) is 0 Å². The maximum atomic E-state index is 4.50. The van der Waals surface area contributed by atoms with Gasteiger partial charge in [0.15, 0.2) is 0 Å². The molecule has 0 spiro atoms. The average molecular weight is 99.1 g/mol. The number of H-pyrrole nitrogens is 1. The van der Waals surface area contributed by atoms with E-state index in [1.54, 1.807) is 12.4 Å². The van der Waals surface area contributed by atoms with E-state index in [0.29, 0.717) is 0 Å². The van der Waals surface area contributed by atoms with Gasteiger partial charge < -0.3 is 5.73 Å². The highest BCUT2D eigenvalue weighted by Crippen LogP contribution is 1.64. The lowest BCUT2D eigenvalue weighted by atomic mass is 10.8. The van der Waals surface area contributed by atoms with Crippen molar-refractivity contribution < 1.29 is 0 Å². The molecule has 0 saturated carbocycles. The van der Waals surface area contributed by atoms with Crippen LogP contribution in [0.5, 0.6) is 0 Å². The van der Waals surface area contributed by atoms with E-state index in [1.165, 1.54) is 7.05 Å². The summed E-state index contributed by atoms with van der Waals surface area (Å²) >= 11 is 0. The lowest BCUT2D eigenvalue weighted by Gasteiger charge is -1.49. The van der Waals surface area contributed by atoms with Crippen LogP contribution >= 0.6 is 0 Å².